The minimum absolute atomic E-state index is 0.143. The Morgan fingerprint density at radius 3 is 2.68 bits per heavy atom. The van der Waals surface area contributed by atoms with Crippen LogP contribution in [-0.2, 0) is 4.79 Å². The first-order chi connectivity index (χ1) is 12.1. The number of allylic oxidation sites excluding steroid dienone is 1. The van der Waals surface area contributed by atoms with E-state index in [9.17, 15) is 4.79 Å². The highest BCUT2D eigenvalue weighted by Crippen LogP contribution is 2.20. The summed E-state index contributed by atoms with van der Waals surface area (Å²) in [6.07, 6.45) is 8.64. The van der Waals surface area contributed by atoms with Crippen LogP contribution in [0.1, 0.15) is 44.7 Å². The molecule has 25 heavy (non-hydrogen) atoms. The molecule has 1 fully saturated rings. The van der Waals surface area contributed by atoms with Crippen molar-refractivity contribution in [2.75, 3.05) is 42.9 Å². The van der Waals surface area contributed by atoms with Crippen molar-refractivity contribution in [1.82, 2.24) is 14.9 Å². The fourth-order valence-corrected chi connectivity index (χ4v) is 3.49. The maximum Gasteiger partial charge on any atom is 0.227 e. The van der Waals surface area contributed by atoms with Crippen LogP contribution in [0.4, 0.5) is 11.8 Å². The summed E-state index contributed by atoms with van der Waals surface area (Å²) >= 11 is 0. The van der Waals surface area contributed by atoms with E-state index in [4.69, 9.17) is 4.98 Å². The first-order valence-electron chi connectivity index (χ1n) is 9.40. The standard InChI is InChI=1S/C19H29N5O/c1-15-14-18(20-9-8-17-6-4-3-5-7-17)22-19(21-15)24-12-10-23(11-13-24)16(2)25/h6,14H,3-5,7-13H2,1-2H3,(H,20,21,22). The fraction of sp³-hybridized carbons (Fsp3) is 0.632. The molecule has 6 nitrogen and oxygen atoms in total. The Hall–Kier alpha value is -2.11. The van der Waals surface area contributed by atoms with E-state index >= 15 is 0 Å². The third-order valence-electron chi connectivity index (χ3n) is 4.99. The van der Waals surface area contributed by atoms with Crippen LogP contribution >= 0.6 is 0 Å². The molecule has 0 spiro atoms. The Morgan fingerprint density at radius 2 is 2.00 bits per heavy atom. The molecule has 6 heteroatoms. The van der Waals surface area contributed by atoms with E-state index in [1.807, 2.05) is 17.9 Å². The summed E-state index contributed by atoms with van der Waals surface area (Å²) in [5.74, 6) is 1.81. The number of nitrogens with zero attached hydrogens (tertiary/aromatic N) is 4. The molecule has 0 unspecified atom stereocenters. The van der Waals surface area contributed by atoms with E-state index < -0.39 is 0 Å². The number of anilines is 2. The molecule has 2 aliphatic rings. The molecule has 1 N–H and O–H groups in total. The van der Waals surface area contributed by atoms with Gasteiger partial charge in [0.1, 0.15) is 5.82 Å². The van der Waals surface area contributed by atoms with Gasteiger partial charge in [-0.25, -0.2) is 4.98 Å². The highest BCUT2D eigenvalue weighted by atomic mass is 16.2. The summed E-state index contributed by atoms with van der Waals surface area (Å²) in [5, 5.41) is 3.46. The lowest BCUT2D eigenvalue weighted by Crippen LogP contribution is -2.48. The number of piperazine rings is 1. The zero-order chi connectivity index (χ0) is 17.6. The van der Waals surface area contributed by atoms with E-state index in [1.54, 1.807) is 12.5 Å². The third-order valence-corrected chi connectivity index (χ3v) is 4.99. The summed E-state index contributed by atoms with van der Waals surface area (Å²) in [6, 6.07) is 2.00. The number of hydrogen-bond acceptors (Lipinski definition) is 5. The van der Waals surface area contributed by atoms with Crippen LogP contribution in [0.25, 0.3) is 0 Å². The van der Waals surface area contributed by atoms with Crippen molar-refractivity contribution in [3.05, 3.63) is 23.4 Å². The van der Waals surface area contributed by atoms with Gasteiger partial charge in [-0.1, -0.05) is 11.6 Å². The number of aryl methyl sites for hydroxylation is 1. The van der Waals surface area contributed by atoms with Crippen molar-refractivity contribution in [2.45, 2.75) is 46.0 Å². The van der Waals surface area contributed by atoms with Gasteiger partial charge in [0.25, 0.3) is 0 Å². The fourth-order valence-electron chi connectivity index (χ4n) is 3.49. The molecule has 136 valence electrons. The van der Waals surface area contributed by atoms with Gasteiger partial charge in [0.2, 0.25) is 11.9 Å². The number of carbonyl (C=O) groups is 1. The summed E-state index contributed by atoms with van der Waals surface area (Å²) in [4.78, 5) is 24.8. The van der Waals surface area contributed by atoms with Crippen molar-refractivity contribution in [3.63, 3.8) is 0 Å². The van der Waals surface area contributed by atoms with Crippen molar-refractivity contribution >= 4 is 17.7 Å². The molecule has 0 bridgehead atoms. The Bertz CT molecular complexity index is 635. The van der Waals surface area contributed by atoms with Crippen LogP contribution in [0.15, 0.2) is 17.7 Å². The number of amides is 1. The molecular weight excluding hydrogens is 314 g/mol. The highest BCUT2D eigenvalue weighted by molar-refractivity contribution is 5.73. The number of carbonyl (C=O) groups excluding carboxylic acids is 1. The van der Waals surface area contributed by atoms with E-state index in [2.05, 4.69) is 21.3 Å². The number of nitrogens with one attached hydrogen (secondary N) is 1. The van der Waals surface area contributed by atoms with Crippen LogP contribution in [0.3, 0.4) is 0 Å². The SMILES string of the molecule is CC(=O)N1CCN(c2nc(C)cc(NCCC3=CCCCC3)n2)CC1. The van der Waals surface area contributed by atoms with Crippen molar-refractivity contribution in [3.8, 4) is 0 Å². The molecule has 1 aliphatic carbocycles. The maximum absolute atomic E-state index is 11.5. The third kappa shape index (κ3) is 4.94. The molecule has 3 rings (SSSR count). The average Bonchev–Trinajstić information content (AvgIpc) is 2.62. The molecule has 0 saturated carbocycles. The topological polar surface area (TPSA) is 61.4 Å². The minimum Gasteiger partial charge on any atom is -0.370 e. The lowest BCUT2D eigenvalue weighted by Gasteiger charge is -2.34. The number of rotatable bonds is 5. The minimum atomic E-state index is 0.143. The van der Waals surface area contributed by atoms with Gasteiger partial charge < -0.3 is 15.1 Å². The quantitative estimate of drug-likeness (QED) is 0.833. The average molecular weight is 343 g/mol. The van der Waals surface area contributed by atoms with Gasteiger partial charge in [-0.3, -0.25) is 4.79 Å². The first kappa shape index (κ1) is 17.7. The first-order valence-corrected chi connectivity index (χ1v) is 9.40. The smallest absolute Gasteiger partial charge is 0.227 e. The van der Waals surface area contributed by atoms with Crippen molar-refractivity contribution < 1.29 is 4.79 Å². The molecule has 1 aromatic heterocycles. The molecular formula is C19H29N5O. The molecule has 0 radical (unpaired) electrons. The Kier molecular flexibility index (Phi) is 5.89. The Labute approximate surface area is 150 Å². The van der Waals surface area contributed by atoms with E-state index in [1.165, 1.54) is 25.7 Å². The van der Waals surface area contributed by atoms with E-state index in [-0.39, 0.29) is 5.91 Å². The second kappa shape index (κ2) is 8.32. The number of hydrogen-bond donors (Lipinski definition) is 1. The molecule has 2 heterocycles. The lowest BCUT2D eigenvalue weighted by molar-refractivity contribution is -0.129. The monoisotopic (exact) mass is 343 g/mol. The number of aromatic nitrogens is 2. The molecule has 1 saturated heterocycles. The molecule has 1 amide bonds. The largest absolute Gasteiger partial charge is 0.370 e. The van der Waals surface area contributed by atoms with Gasteiger partial charge >= 0.3 is 0 Å². The maximum atomic E-state index is 11.5. The van der Waals surface area contributed by atoms with E-state index in [0.29, 0.717) is 0 Å². The molecule has 0 aromatic carbocycles. The summed E-state index contributed by atoms with van der Waals surface area (Å²) in [6.45, 7) is 7.60. The zero-order valence-electron chi connectivity index (χ0n) is 15.4. The molecule has 0 atom stereocenters. The van der Waals surface area contributed by atoms with Gasteiger partial charge in [-0.05, 0) is 39.0 Å². The summed E-state index contributed by atoms with van der Waals surface area (Å²) < 4.78 is 0. The lowest BCUT2D eigenvalue weighted by atomic mass is 9.97. The van der Waals surface area contributed by atoms with Crippen molar-refractivity contribution in [1.29, 1.82) is 0 Å². The second-order valence-electron chi connectivity index (χ2n) is 6.97. The van der Waals surface area contributed by atoms with Crippen LogP contribution in [0, 0.1) is 6.92 Å². The van der Waals surface area contributed by atoms with Crippen LogP contribution < -0.4 is 10.2 Å². The molecule has 1 aromatic rings. The Morgan fingerprint density at radius 1 is 1.20 bits per heavy atom. The van der Waals surface area contributed by atoms with Gasteiger partial charge in [0.15, 0.2) is 0 Å². The Balaban J connectivity index is 1.57. The molecule has 1 aliphatic heterocycles. The highest BCUT2D eigenvalue weighted by Gasteiger charge is 2.21. The van der Waals surface area contributed by atoms with Crippen molar-refractivity contribution in [2.24, 2.45) is 0 Å². The summed E-state index contributed by atoms with van der Waals surface area (Å²) in [7, 11) is 0. The van der Waals surface area contributed by atoms with Gasteiger partial charge in [0, 0.05) is 51.4 Å². The van der Waals surface area contributed by atoms with Crippen LogP contribution in [0.5, 0.6) is 0 Å². The van der Waals surface area contributed by atoms with Gasteiger partial charge in [-0.15, -0.1) is 0 Å². The zero-order valence-corrected chi connectivity index (χ0v) is 15.4. The van der Waals surface area contributed by atoms with Crippen LogP contribution in [0.2, 0.25) is 0 Å². The summed E-state index contributed by atoms with van der Waals surface area (Å²) in [5.41, 5.74) is 2.54. The van der Waals surface area contributed by atoms with Gasteiger partial charge in [0.05, 0.1) is 0 Å². The predicted molar refractivity (Wildman–Crippen MR) is 101 cm³/mol. The van der Waals surface area contributed by atoms with Crippen LogP contribution in [-0.4, -0.2) is 53.5 Å². The predicted octanol–water partition coefficient (Wildman–Crippen LogP) is 2.76. The second-order valence-corrected chi connectivity index (χ2v) is 6.97. The normalized spacial score (nSPS) is 18.1. The van der Waals surface area contributed by atoms with E-state index in [0.717, 1.165) is 56.6 Å². The van der Waals surface area contributed by atoms with Gasteiger partial charge in [-0.2, -0.15) is 4.98 Å².